The highest BCUT2D eigenvalue weighted by Gasteiger charge is 2.16. The van der Waals surface area contributed by atoms with Gasteiger partial charge >= 0.3 is 5.97 Å². The maximum Gasteiger partial charge on any atom is 0.308 e. The SMILES string of the molecule is CC(=O)Oc1cccc2c1c(CC(N)=O)cn2Cc1ccccc1. The van der Waals surface area contributed by atoms with E-state index >= 15 is 0 Å². The zero-order chi connectivity index (χ0) is 17.1. The highest BCUT2D eigenvalue weighted by atomic mass is 16.5. The fourth-order valence-corrected chi connectivity index (χ4v) is 2.88. The summed E-state index contributed by atoms with van der Waals surface area (Å²) in [5.74, 6) is -0.377. The van der Waals surface area contributed by atoms with Crippen LogP contribution in [0.25, 0.3) is 10.9 Å². The molecule has 0 aliphatic rings. The van der Waals surface area contributed by atoms with Crippen molar-refractivity contribution in [2.75, 3.05) is 0 Å². The van der Waals surface area contributed by atoms with Crippen LogP contribution in [-0.2, 0) is 22.6 Å². The van der Waals surface area contributed by atoms with Gasteiger partial charge in [-0.05, 0) is 23.3 Å². The number of nitrogens with zero attached hydrogens (tertiary/aromatic N) is 1. The molecule has 0 atom stereocenters. The topological polar surface area (TPSA) is 74.3 Å². The standard InChI is InChI=1S/C19H18N2O3/c1-13(22)24-17-9-5-8-16-19(17)15(10-18(20)23)12-21(16)11-14-6-3-2-4-7-14/h2-9,12H,10-11H2,1H3,(H2,20,23). The Hall–Kier alpha value is -3.08. The molecule has 0 saturated heterocycles. The van der Waals surface area contributed by atoms with Crippen LogP contribution in [0.5, 0.6) is 5.75 Å². The Morgan fingerprint density at radius 1 is 1.08 bits per heavy atom. The molecule has 0 saturated carbocycles. The summed E-state index contributed by atoms with van der Waals surface area (Å²) in [7, 11) is 0. The van der Waals surface area contributed by atoms with Crippen molar-refractivity contribution in [1.29, 1.82) is 0 Å². The molecular formula is C19H18N2O3. The lowest BCUT2D eigenvalue weighted by Gasteiger charge is -2.07. The van der Waals surface area contributed by atoms with E-state index in [9.17, 15) is 9.59 Å². The quantitative estimate of drug-likeness (QED) is 0.579. The van der Waals surface area contributed by atoms with Crippen molar-refractivity contribution in [3.8, 4) is 5.75 Å². The van der Waals surface area contributed by atoms with Gasteiger partial charge < -0.3 is 15.0 Å². The molecular weight excluding hydrogens is 304 g/mol. The lowest BCUT2D eigenvalue weighted by Crippen LogP contribution is -2.13. The third-order valence-electron chi connectivity index (χ3n) is 3.76. The van der Waals surface area contributed by atoms with Gasteiger partial charge in [0.05, 0.1) is 11.9 Å². The van der Waals surface area contributed by atoms with Crippen LogP contribution in [0.4, 0.5) is 0 Å². The molecule has 0 bridgehead atoms. The lowest BCUT2D eigenvalue weighted by atomic mass is 10.1. The van der Waals surface area contributed by atoms with Crippen LogP contribution in [-0.4, -0.2) is 16.4 Å². The average molecular weight is 322 g/mol. The minimum Gasteiger partial charge on any atom is -0.426 e. The summed E-state index contributed by atoms with van der Waals surface area (Å²) >= 11 is 0. The van der Waals surface area contributed by atoms with E-state index in [1.807, 2.05) is 53.2 Å². The predicted molar refractivity (Wildman–Crippen MR) is 91.7 cm³/mol. The van der Waals surface area contributed by atoms with Crippen molar-refractivity contribution < 1.29 is 14.3 Å². The van der Waals surface area contributed by atoms with E-state index in [0.717, 1.165) is 22.0 Å². The fraction of sp³-hybridized carbons (Fsp3) is 0.158. The molecule has 3 aromatic rings. The first-order chi connectivity index (χ1) is 11.5. The number of primary amides is 1. The third-order valence-corrected chi connectivity index (χ3v) is 3.76. The van der Waals surface area contributed by atoms with Gasteiger partial charge in [-0.3, -0.25) is 9.59 Å². The summed E-state index contributed by atoms with van der Waals surface area (Å²) in [5.41, 5.74) is 8.16. The van der Waals surface area contributed by atoms with Crippen molar-refractivity contribution in [2.24, 2.45) is 5.73 Å². The average Bonchev–Trinajstić information content (AvgIpc) is 2.86. The molecule has 0 aliphatic carbocycles. The van der Waals surface area contributed by atoms with Crippen LogP contribution in [0, 0.1) is 0 Å². The highest BCUT2D eigenvalue weighted by Crippen LogP contribution is 2.31. The number of carbonyl (C=O) groups is 2. The van der Waals surface area contributed by atoms with E-state index in [2.05, 4.69) is 0 Å². The molecule has 0 fully saturated rings. The van der Waals surface area contributed by atoms with Crippen LogP contribution in [0.15, 0.2) is 54.7 Å². The maximum absolute atomic E-state index is 11.4. The van der Waals surface area contributed by atoms with Crippen LogP contribution in [0.1, 0.15) is 18.1 Å². The van der Waals surface area contributed by atoms with Gasteiger partial charge in [-0.15, -0.1) is 0 Å². The number of benzene rings is 2. The fourth-order valence-electron chi connectivity index (χ4n) is 2.88. The van der Waals surface area contributed by atoms with E-state index in [4.69, 9.17) is 10.5 Å². The second-order valence-electron chi connectivity index (χ2n) is 5.65. The first-order valence-electron chi connectivity index (χ1n) is 7.66. The molecule has 5 nitrogen and oxygen atoms in total. The number of fused-ring (bicyclic) bond motifs is 1. The Labute approximate surface area is 139 Å². The van der Waals surface area contributed by atoms with E-state index < -0.39 is 11.9 Å². The molecule has 2 aromatic carbocycles. The first kappa shape index (κ1) is 15.8. The second kappa shape index (κ2) is 6.58. The van der Waals surface area contributed by atoms with Gasteiger partial charge in [0.2, 0.25) is 5.91 Å². The number of rotatable bonds is 5. The number of ether oxygens (including phenoxy) is 1. The van der Waals surface area contributed by atoms with Crippen molar-refractivity contribution >= 4 is 22.8 Å². The zero-order valence-electron chi connectivity index (χ0n) is 13.4. The number of aromatic nitrogens is 1. The molecule has 0 spiro atoms. The molecule has 1 heterocycles. The summed E-state index contributed by atoms with van der Waals surface area (Å²) in [6, 6.07) is 15.5. The van der Waals surface area contributed by atoms with Gasteiger partial charge in [0.15, 0.2) is 0 Å². The van der Waals surface area contributed by atoms with Crippen LogP contribution in [0.3, 0.4) is 0 Å². The van der Waals surface area contributed by atoms with E-state index in [0.29, 0.717) is 12.3 Å². The summed E-state index contributed by atoms with van der Waals surface area (Å²) < 4.78 is 7.35. The minimum absolute atomic E-state index is 0.0938. The second-order valence-corrected chi connectivity index (χ2v) is 5.65. The molecule has 0 unspecified atom stereocenters. The van der Waals surface area contributed by atoms with Gasteiger partial charge in [-0.25, -0.2) is 0 Å². The number of hydrogen-bond acceptors (Lipinski definition) is 3. The van der Waals surface area contributed by atoms with Gasteiger partial charge in [0.1, 0.15) is 5.75 Å². The van der Waals surface area contributed by atoms with E-state index in [1.54, 1.807) is 6.07 Å². The van der Waals surface area contributed by atoms with Gasteiger partial charge in [0.25, 0.3) is 0 Å². The van der Waals surface area contributed by atoms with Crippen molar-refractivity contribution in [2.45, 2.75) is 19.9 Å². The number of amides is 1. The first-order valence-corrected chi connectivity index (χ1v) is 7.66. The maximum atomic E-state index is 11.4. The minimum atomic E-state index is -0.425. The number of hydrogen-bond donors (Lipinski definition) is 1. The Morgan fingerprint density at radius 2 is 1.83 bits per heavy atom. The molecule has 5 heteroatoms. The zero-order valence-corrected chi connectivity index (χ0v) is 13.4. The van der Waals surface area contributed by atoms with Crippen LogP contribution >= 0.6 is 0 Å². The van der Waals surface area contributed by atoms with Gasteiger partial charge in [0, 0.05) is 25.1 Å². The summed E-state index contributed by atoms with van der Waals surface area (Å²) in [6.07, 6.45) is 1.99. The predicted octanol–water partition coefficient (Wildman–Crippen LogP) is 2.64. The Kier molecular flexibility index (Phi) is 4.33. The number of nitrogens with two attached hydrogens (primary N) is 1. The number of carbonyl (C=O) groups excluding carboxylic acids is 2. The molecule has 24 heavy (non-hydrogen) atoms. The molecule has 122 valence electrons. The molecule has 1 amide bonds. The Balaban J connectivity index is 2.13. The van der Waals surface area contributed by atoms with E-state index in [-0.39, 0.29) is 6.42 Å². The number of esters is 1. The largest absolute Gasteiger partial charge is 0.426 e. The van der Waals surface area contributed by atoms with Crippen LogP contribution in [0.2, 0.25) is 0 Å². The van der Waals surface area contributed by atoms with Crippen molar-refractivity contribution in [1.82, 2.24) is 4.57 Å². The molecule has 0 radical (unpaired) electrons. The lowest BCUT2D eigenvalue weighted by molar-refractivity contribution is -0.131. The Morgan fingerprint density at radius 3 is 2.50 bits per heavy atom. The van der Waals surface area contributed by atoms with Crippen molar-refractivity contribution in [3.63, 3.8) is 0 Å². The molecule has 0 aliphatic heterocycles. The third kappa shape index (κ3) is 3.30. The van der Waals surface area contributed by atoms with Gasteiger partial charge in [-0.2, -0.15) is 0 Å². The monoisotopic (exact) mass is 322 g/mol. The highest BCUT2D eigenvalue weighted by molar-refractivity contribution is 5.94. The summed E-state index contributed by atoms with van der Waals surface area (Å²) in [6.45, 7) is 2.01. The molecule has 1 aromatic heterocycles. The smallest absolute Gasteiger partial charge is 0.308 e. The van der Waals surface area contributed by atoms with Crippen LogP contribution < -0.4 is 10.5 Å². The summed E-state index contributed by atoms with van der Waals surface area (Å²) in [5, 5.41) is 0.752. The Bertz CT molecular complexity index is 898. The van der Waals surface area contributed by atoms with E-state index in [1.165, 1.54) is 6.92 Å². The molecule has 2 N–H and O–H groups in total. The summed E-state index contributed by atoms with van der Waals surface area (Å²) in [4.78, 5) is 22.8. The van der Waals surface area contributed by atoms with Gasteiger partial charge in [-0.1, -0.05) is 36.4 Å². The normalized spacial score (nSPS) is 10.7. The molecule has 3 rings (SSSR count). The van der Waals surface area contributed by atoms with Crippen molar-refractivity contribution in [3.05, 3.63) is 65.9 Å².